The minimum Gasteiger partial charge on any atom is -0.611 e. The SMILES string of the molecule is CCCC[S+]([O-])c1cc2c3cc([S+]([O-])CCCC)c([S+]([O-])CCCC)cc3c3cc([S+]([O-])CCCC)c([S+]([O-])CCCC)cc3c2cc1[S+]([O-])CCCC. The van der Waals surface area contributed by atoms with Crippen LogP contribution < -0.4 is 0 Å². The van der Waals surface area contributed by atoms with Crippen molar-refractivity contribution < 1.29 is 27.3 Å². The van der Waals surface area contributed by atoms with Gasteiger partial charge in [-0.25, -0.2) is 0 Å². The van der Waals surface area contributed by atoms with Gasteiger partial charge >= 0.3 is 0 Å². The Morgan fingerprint density at radius 2 is 0.407 bits per heavy atom. The Labute approximate surface area is 343 Å². The fraction of sp³-hybridized carbons (Fsp3) is 0.571. The fourth-order valence-corrected chi connectivity index (χ4v) is 15.9. The lowest BCUT2D eigenvalue weighted by atomic mass is 9.94. The van der Waals surface area contributed by atoms with Gasteiger partial charge < -0.3 is 27.3 Å². The average Bonchev–Trinajstić information content (AvgIpc) is 3.19. The van der Waals surface area contributed by atoms with Crippen LogP contribution in [0.5, 0.6) is 0 Å². The smallest absolute Gasteiger partial charge is 0.208 e. The number of hydrogen-bond donors (Lipinski definition) is 0. The molecule has 0 aliphatic carbocycles. The van der Waals surface area contributed by atoms with Crippen LogP contribution in [0.15, 0.2) is 65.8 Å². The Bertz CT molecular complexity index is 1430. The monoisotopic (exact) mass is 852 g/mol. The van der Waals surface area contributed by atoms with Gasteiger partial charge in [0.05, 0.1) is 0 Å². The minimum atomic E-state index is -1.41. The van der Waals surface area contributed by atoms with Crippen LogP contribution in [0.1, 0.15) is 119 Å². The Morgan fingerprint density at radius 1 is 0.278 bits per heavy atom. The number of unbranched alkanes of at least 4 members (excludes halogenated alkanes) is 6. The van der Waals surface area contributed by atoms with Crippen LogP contribution in [0.25, 0.3) is 32.3 Å². The quantitative estimate of drug-likeness (QED) is 0.0508. The summed E-state index contributed by atoms with van der Waals surface area (Å²) in [5.74, 6) is 2.70. The lowest BCUT2D eigenvalue weighted by molar-refractivity contribution is 0.579. The molecule has 4 rings (SSSR count). The van der Waals surface area contributed by atoms with Gasteiger partial charge in [0, 0.05) is 36.4 Å². The van der Waals surface area contributed by atoms with Crippen molar-refractivity contribution in [2.75, 3.05) is 34.5 Å². The molecule has 4 aromatic rings. The summed E-state index contributed by atoms with van der Waals surface area (Å²) in [6.45, 7) is 12.4. The highest BCUT2D eigenvalue weighted by Gasteiger charge is 2.33. The first-order valence-electron chi connectivity index (χ1n) is 19.9. The van der Waals surface area contributed by atoms with E-state index in [2.05, 4.69) is 41.5 Å². The van der Waals surface area contributed by atoms with E-state index in [1.807, 2.05) is 36.4 Å². The molecule has 12 heteroatoms. The van der Waals surface area contributed by atoms with Gasteiger partial charge in [0.25, 0.3) is 0 Å². The number of rotatable bonds is 24. The molecule has 0 fully saturated rings. The van der Waals surface area contributed by atoms with Crippen molar-refractivity contribution in [2.24, 2.45) is 0 Å². The predicted molar refractivity (Wildman–Crippen MR) is 236 cm³/mol. The van der Waals surface area contributed by atoms with Crippen molar-refractivity contribution in [3.8, 4) is 0 Å². The van der Waals surface area contributed by atoms with E-state index in [0.29, 0.717) is 63.9 Å². The topological polar surface area (TPSA) is 138 Å². The summed E-state index contributed by atoms with van der Waals surface area (Å²) in [5, 5.41) is 4.66. The van der Waals surface area contributed by atoms with E-state index >= 15 is 0 Å². The van der Waals surface area contributed by atoms with E-state index in [4.69, 9.17) is 0 Å². The number of hydrogen-bond acceptors (Lipinski definition) is 6. The highest BCUT2D eigenvalue weighted by atomic mass is 32.2. The van der Waals surface area contributed by atoms with Crippen molar-refractivity contribution in [3.63, 3.8) is 0 Å². The highest BCUT2D eigenvalue weighted by molar-refractivity contribution is 7.95. The Morgan fingerprint density at radius 3 is 0.519 bits per heavy atom. The normalized spacial score (nSPS) is 15.6. The minimum absolute atomic E-state index is 0.450. The van der Waals surface area contributed by atoms with Crippen LogP contribution in [0.2, 0.25) is 0 Å². The Balaban J connectivity index is 2.24. The van der Waals surface area contributed by atoms with Gasteiger partial charge in [-0.05, 0) is 138 Å². The molecule has 300 valence electrons. The maximum absolute atomic E-state index is 14.0. The van der Waals surface area contributed by atoms with Crippen LogP contribution in [-0.4, -0.2) is 61.8 Å². The molecule has 4 aromatic carbocycles. The lowest BCUT2D eigenvalue weighted by Crippen LogP contribution is -2.17. The molecule has 0 bridgehead atoms. The Kier molecular flexibility index (Phi) is 19.9. The number of benzene rings is 4. The van der Waals surface area contributed by atoms with E-state index in [1.54, 1.807) is 0 Å². The largest absolute Gasteiger partial charge is 0.611 e. The molecule has 0 aliphatic rings. The number of fused-ring (bicyclic) bond motifs is 6. The zero-order valence-electron chi connectivity index (χ0n) is 33.1. The van der Waals surface area contributed by atoms with Crippen molar-refractivity contribution in [3.05, 3.63) is 36.4 Å². The van der Waals surface area contributed by atoms with E-state index in [9.17, 15) is 27.3 Å². The van der Waals surface area contributed by atoms with E-state index in [0.717, 1.165) is 109 Å². The molecular formula is C42H60O6S6. The molecule has 0 N–H and O–H groups in total. The van der Waals surface area contributed by atoms with Crippen molar-refractivity contribution >= 4 is 99.4 Å². The maximum Gasteiger partial charge on any atom is 0.208 e. The molecule has 0 aromatic heterocycles. The summed E-state index contributed by atoms with van der Waals surface area (Å²) in [7, 11) is 0. The summed E-state index contributed by atoms with van der Waals surface area (Å²) in [5.41, 5.74) is 0. The molecule has 54 heavy (non-hydrogen) atoms. The third-order valence-electron chi connectivity index (χ3n) is 9.69. The van der Waals surface area contributed by atoms with Gasteiger partial charge in [-0.2, -0.15) is 0 Å². The first-order chi connectivity index (χ1) is 26.1. The lowest BCUT2D eigenvalue weighted by Gasteiger charge is -2.22. The van der Waals surface area contributed by atoms with Gasteiger partial charge in [-0.1, -0.05) is 80.1 Å². The van der Waals surface area contributed by atoms with Gasteiger partial charge in [0.2, 0.25) is 29.4 Å². The summed E-state index contributed by atoms with van der Waals surface area (Å²) < 4.78 is 84.3. The zero-order valence-corrected chi connectivity index (χ0v) is 38.0. The van der Waals surface area contributed by atoms with Gasteiger partial charge in [0.1, 0.15) is 34.5 Å². The average molecular weight is 853 g/mol. The zero-order chi connectivity index (χ0) is 39.4. The molecular weight excluding hydrogens is 793 g/mol. The van der Waals surface area contributed by atoms with Crippen LogP contribution in [0.4, 0.5) is 0 Å². The van der Waals surface area contributed by atoms with Gasteiger partial charge in [-0.3, -0.25) is 0 Å². The summed E-state index contributed by atoms with van der Waals surface area (Å²) in [4.78, 5) is 3.33. The Hall–Kier alpha value is -0.480. The van der Waals surface area contributed by atoms with Crippen LogP contribution in [0.3, 0.4) is 0 Å². The van der Waals surface area contributed by atoms with E-state index < -0.39 is 67.1 Å². The predicted octanol–water partition coefficient (Wildman–Crippen LogP) is 10.6. The van der Waals surface area contributed by atoms with E-state index in [-0.39, 0.29) is 0 Å². The van der Waals surface area contributed by atoms with Crippen LogP contribution >= 0.6 is 0 Å². The second kappa shape index (κ2) is 23.2. The van der Waals surface area contributed by atoms with Crippen LogP contribution in [-0.2, 0) is 67.1 Å². The fourth-order valence-electron chi connectivity index (χ4n) is 6.40. The third-order valence-corrected chi connectivity index (χ3v) is 19.0. The molecule has 6 atom stereocenters. The molecule has 0 saturated heterocycles. The van der Waals surface area contributed by atoms with Crippen molar-refractivity contribution in [1.29, 1.82) is 0 Å². The maximum atomic E-state index is 14.0. The van der Waals surface area contributed by atoms with Gasteiger partial charge in [-0.15, -0.1) is 0 Å². The van der Waals surface area contributed by atoms with E-state index in [1.165, 1.54) is 0 Å². The first-order valence-corrected chi connectivity index (χ1v) is 27.8. The van der Waals surface area contributed by atoms with Crippen molar-refractivity contribution in [1.82, 2.24) is 0 Å². The highest BCUT2D eigenvalue weighted by Crippen LogP contribution is 2.44. The molecule has 6 nitrogen and oxygen atoms in total. The molecule has 0 aliphatic heterocycles. The second-order valence-corrected chi connectivity index (χ2v) is 23.2. The summed E-state index contributed by atoms with van der Waals surface area (Å²) in [6.07, 6.45) is 9.88. The molecule has 0 radical (unpaired) electrons. The standard InChI is InChI=1S/C42H60O6S6/c1-7-13-19-49(43)37-25-31-32(26-38(37)50(44)20-14-8-2)34-28-40(52(46)22-16-10-4)42(54(48)24-18-12-6)30-36(34)35-29-41(53(47)23-17-11-5)39(27-33(31)35)51(45)21-15-9-3/h25-30H,7-24H2,1-6H3. The molecule has 0 amide bonds. The van der Waals surface area contributed by atoms with Gasteiger partial charge in [0.15, 0.2) is 0 Å². The second-order valence-electron chi connectivity index (χ2n) is 14.0. The molecule has 0 spiro atoms. The summed E-state index contributed by atoms with van der Waals surface area (Å²) >= 11 is -8.44. The molecule has 0 saturated carbocycles. The van der Waals surface area contributed by atoms with Crippen molar-refractivity contribution in [2.45, 2.75) is 148 Å². The molecule has 0 heterocycles. The van der Waals surface area contributed by atoms with Crippen LogP contribution in [0, 0.1) is 0 Å². The first kappa shape index (κ1) is 46.2. The summed E-state index contributed by atoms with van der Waals surface area (Å²) in [6, 6.07) is 11.6. The molecule has 6 unspecified atom stereocenters. The third kappa shape index (κ3) is 11.4.